The summed E-state index contributed by atoms with van der Waals surface area (Å²) in [6, 6.07) is 18.6. The summed E-state index contributed by atoms with van der Waals surface area (Å²) in [6.45, 7) is 9.50. The molecule has 1 unspecified atom stereocenters. The van der Waals surface area contributed by atoms with E-state index >= 15 is 0 Å². The van der Waals surface area contributed by atoms with Crippen LogP contribution in [0.5, 0.6) is 0 Å². The maximum absolute atomic E-state index is 12.3. The van der Waals surface area contributed by atoms with Gasteiger partial charge in [0.1, 0.15) is 0 Å². The Morgan fingerprint density at radius 3 is 2.21 bits per heavy atom. The molecule has 0 spiro atoms. The molecule has 2 aromatic rings. The monoisotopic (exact) mass is 324 g/mol. The summed E-state index contributed by atoms with van der Waals surface area (Å²) < 4.78 is 0. The SMILES string of the molecule is CCN(CC)C(CNCC(=O)c1ccc(C)cc1)c1ccccc1. The minimum Gasteiger partial charge on any atom is -0.308 e. The van der Waals surface area contributed by atoms with Gasteiger partial charge in [-0.3, -0.25) is 9.69 Å². The Balaban J connectivity index is 1.97. The number of rotatable bonds is 9. The van der Waals surface area contributed by atoms with E-state index in [1.807, 2.05) is 37.3 Å². The Kier molecular flexibility index (Phi) is 7.16. The number of benzene rings is 2. The fourth-order valence-electron chi connectivity index (χ4n) is 2.96. The van der Waals surface area contributed by atoms with Gasteiger partial charge < -0.3 is 5.32 Å². The Labute approximate surface area is 145 Å². The average Bonchev–Trinajstić information content (AvgIpc) is 2.62. The van der Waals surface area contributed by atoms with Crippen molar-refractivity contribution in [2.75, 3.05) is 26.2 Å². The lowest BCUT2D eigenvalue weighted by Gasteiger charge is -2.30. The summed E-state index contributed by atoms with van der Waals surface area (Å²) >= 11 is 0. The van der Waals surface area contributed by atoms with Gasteiger partial charge >= 0.3 is 0 Å². The first-order chi connectivity index (χ1) is 11.7. The summed E-state index contributed by atoms with van der Waals surface area (Å²) in [4.78, 5) is 14.7. The molecule has 0 aliphatic rings. The quantitative estimate of drug-likeness (QED) is 0.711. The fourth-order valence-corrected chi connectivity index (χ4v) is 2.96. The molecule has 1 N–H and O–H groups in total. The highest BCUT2D eigenvalue weighted by Gasteiger charge is 2.17. The molecule has 0 fully saturated rings. The van der Waals surface area contributed by atoms with E-state index in [0.29, 0.717) is 6.54 Å². The largest absolute Gasteiger partial charge is 0.308 e. The van der Waals surface area contributed by atoms with Crippen LogP contribution in [0.2, 0.25) is 0 Å². The van der Waals surface area contributed by atoms with Crippen LogP contribution >= 0.6 is 0 Å². The zero-order valence-electron chi connectivity index (χ0n) is 15.0. The second-order valence-corrected chi connectivity index (χ2v) is 6.07. The summed E-state index contributed by atoms with van der Waals surface area (Å²) in [6.07, 6.45) is 0. The molecule has 2 rings (SSSR count). The molecule has 0 radical (unpaired) electrons. The molecule has 0 aliphatic carbocycles. The van der Waals surface area contributed by atoms with E-state index in [1.54, 1.807) is 0 Å². The third kappa shape index (κ3) is 5.02. The van der Waals surface area contributed by atoms with E-state index in [9.17, 15) is 4.79 Å². The Bertz CT molecular complexity index is 618. The van der Waals surface area contributed by atoms with E-state index < -0.39 is 0 Å². The third-order valence-electron chi connectivity index (χ3n) is 4.43. The Morgan fingerprint density at radius 1 is 1.00 bits per heavy atom. The van der Waals surface area contributed by atoms with Crippen molar-refractivity contribution in [2.45, 2.75) is 26.8 Å². The highest BCUT2D eigenvalue weighted by molar-refractivity contribution is 5.97. The van der Waals surface area contributed by atoms with Gasteiger partial charge in [0.05, 0.1) is 6.54 Å². The highest BCUT2D eigenvalue weighted by atomic mass is 16.1. The topological polar surface area (TPSA) is 32.3 Å². The van der Waals surface area contributed by atoms with E-state index in [1.165, 1.54) is 11.1 Å². The van der Waals surface area contributed by atoms with Gasteiger partial charge in [-0.25, -0.2) is 0 Å². The Hall–Kier alpha value is -1.97. The van der Waals surface area contributed by atoms with Crippen LogP contribution in [0.1, 0.15) is 41.4 Å². The van der Waals surface area contributed by atoms with Crippen molar-refractivity contribution in [3.8, 4) is 0 Å². The maximum Gasteiger partial charge on any atom is 0.176 e. The zero-order chi connectivity index (χ0) is 17.4. The summed E-state index contributed by atoms with van der Waals surface area (Å²) in [5.74, 6) is 0.140. The number of hydrogen-bond donors (Lipinski definition) is 1. The molecule has 0 saturated carbocycles. The minimum atomic E-state index is 0.140. The van der Waals surface area contributed by atoms with Crippen LogP contribution < -0.4 is 5.32 Å². The van der Waals surface area contributed by atoms with E-state index in [2.05, 4.69) is 48.3 Å². The van der Waals surface area contributed by atoms with Gasteiger partial charge in [-0.15, -0.1) is 0 Å². The smallest absolute Gasteiger partial charge is 0.176 e. The van der Waals surface area contributed by atoms with Crippen LogP contribution in [0.4, 0.5) is 0 Å². The summed E-state index contributed by atoms with van der Waals surface area (Å²) in [5.41, 5.74) is 3.23. The number of carbonyl (C=O) groups is 1. The van der Waals surface area contributed by atoms with Crippen LogP contribution in [-0.4, -0.2) is 36.9 Å². The zero-order valence-corrected chi connectivity index (χ0v) is 15.0. The molecule has 0 heterocycles. The van der Waals surface area contributed by atoms with Crippen LogP contribution in [0, 0.1) is 6.92 Å². The van der Waals surface area contributed by atoms with Crippen LogP contribution in [0.3, 0.4) is 0 Å². The molecule has 0 amide bonds. The number of ketones is 1. The second kappa shape index (κ2) is 9.36. The maximum atomic E-state index is 12.3. The van der Waals surface area contributed by atoms with E-state index in [-0.39, 0.29) is 11.8 Å². The predicted octanol–water partition coefficient (Wildman–Crippen LogP) is 3.85. The predicted molar refractivity (Wildman–Crippen MR) is 100 cm³/mol. The van der Waals surface area contributed by atoms with Gasteiger partial charge in [-0.1, -0.05) is 74.0 Å². The summed E-state index contributed by atoms with van der Waals surface area (Å²) in [5, 5.41) is 3.35. The number of carbonyl (C=O) groups excluding carboxylic acids is 1. The van der Waals surface area contributed by atoms with Gasteiger partial charge in [0.2, 0.25) is 0 Å². The lowest BCUT2D eigenvalue weighted by Crippen LogP contribution is -2.37. The first-order valence-corrected chi connectivity index (χ1v) is 8.75. The van der Waals surface area contributed by atoms with Gasteiger partial charge in [0.25, 0.3) is 0 Å². The average molecular weight is 324 g/mol. The molecular formula is C21H28N2O. The molecule has 128 valence electrons. The number of likely N-dealkylation sites (N-methyl/N-ethyl adjacent to an activating group) is 1. The van der Waals surface area contributed by atoms with Crippen LogP contribution in [0.15, 0.2) is 54.6 Å². The van der Waals surface area contributed by atoms with Crippen molar-refractivity contribution in [3.63, 3.8) is 0 Å². The normalized spacial score (nSPS) is 12.3. The first-order valence-electron chi connectivity index (χ1n) is 8.75. The molecule has 0 saturated heterocycles. The van der Waals surface area contributed by atoms with Crippen molar-refractivity contribution in [3.05, 3.63) is 71.3 Å². The lowest BCUT2D eigenvalue weighted by atomic mass is 10.0. The number of Topliss-reactive ketones (excluding diaryl/α,β-unsaturated/α-hetero) is 1. The number of nitrogens with one attached hydrogen (secondary N) is 1. The van der Waals surface area contributed by atoms with Gasteiger partial charge in [-0.05, 0) is 25.6 Å². The standard InChI is InChI=1S/C21H28N2O/c1-4-23(5-2)20(18-9-7-6-8-10-18)15-22-16-21(24)19-13-11-17(3)12-14-19/h6-14,20,22H,4-5,15-16H2,1-3H3. The number of nitrogens with zero attached hydrogens (tertiary/aromatic N) is 1. The van der Waals surface area contributed by atoms with Crippen molar-refractivity contribution in [1.29, 1.82) is 0 Å². The molecule has 1 atom stereocenters. The van der Waals surface area contributed by atoms with Gasteiger partial charge in [0, 0.05) is 18.2 Å². The van der Waals surface area contributed by atoms with E-state index in [4.69, 9.17) is 0 Å². The van der Waals surface area contributed by atoms with Crippen LogP contribution in [-0.2, 0) is 0 Å². The highest BCUT2D eigenvalue weighted by Crippen LogP contribution is 2.19. The van der Waals surface area contributed by atoms with Gasteiger partial charge in [-0.2, -0.15) is 0 Å². The van der Waals surface area contributed by atoms with Crippen molar-refractivity contribution in [1.82, 2.24) is 10.2 Å². The molecule has 0 bridgehead atoms. The van der Waals surface area contributed by atoms with Crippen molar-refractivity contribution < 1.29 is 4.79 Å². The van der Waals surface area contributed by atoms with E-state index in [0.717, 1.165) is 25.2 Å². The molecule has 0 aromatic heterocycles. The fraction of sp³-hybridized carbons (Fsp3) is 0.381. The first kappa shape index (κ1) is 18.4. The van der Waals surface area contributed by atoms with Crippen LogP contribution in [0.25, 0.3) is 0 Å². The minimum absolute atomic E-state index is 0.140. The molecule has 3 heteroatoms. The number of aryl methyl sites for hydroxylation is 1. The summed E-state index contributed by atoms with van der Waals surface area (Å²) in [7, 11) is 0. The molecule has 0 aliphatic heterocycles. The van der Waals surface area contributed by atoms with Gasteiger partial charge in [0.15, 0.2) is 5.78 Å². The number of hydrogen-bond acceptors (Lipinski definition) is 3. The van der Waals surface area contributed by atoms with Crippen molar-refractivity contribution >= 4 is 5.78 Å². The molecule has 24 heavy (non-hydrogen) atoms. The lowest BCUT2D eigenvalue weighted by molar-refractivity contribution is 0.0987. The third-order valence-corrected chi connectivity index (χ3v) is 4.43. The van der Waals surface area contributed by atoms with Crippen molar-refractivity contribution in [2.24, 2.45) is 0 Å². The Morgan fingerprint density at radius 2 is 1.62 bits per heavy atom. The molecular weight excluding hydrogens is 296 g/mol. The molecule has 2 aromatic carbocycles. The second-order valence-electron chi connectivity index (χ2n) is 6.07. The molecule has 3 nitrogen and oxygen atoms in total.